The number of hydrogen-bond acceptors (Lipinski definition) is 6. The number of sulfonamides is 1. The van der Waals surface area contributed by atoms with Crippen molar-refractivity contribution in [1.82, 2.24) is 4.72 Å². The van der Waals surface area contributed by atoms with Gasteiger partial charge in [-0.3, -0.25) is 9.59 Å². The fourth-order valence-electron chi connectivity index (χ4n) is 3.49. The smallest absolute Gasteiger partial charge is 0.240 e. The molecule has 1 aliphatic heterocycles. The quantitative estimate of drug-likeness (QED) is 0.409. The molecule has 1 fully saturated rings. The van der Waals surface area contributed by atoms with Gasteiger partial charge in [0.25, 0.3) is 0 Å². The van der Waals surface area contributed by atoms with Crippen LogP contribution in [-0.4, -0.2) is 40.5 Å². The largest absolute Gasteiger partial charge is 0.495 e. The van der Waals surface area contributed by atoms with E-state index in [9.17, 15) is 18.0 Å². The summed E-state index contributed by atoms with van der Waals surface area (Å²) in [6, 6.07) is 11.9. The van der Waals surface area contributed by atoms with Gasteiger partial charge < -0.3 is 9.47 Å². The SMILES string of the molecule is CCCOc1ccccc1CCCNS(=O)(=O)c1ccc(OC)c(N2C(=O)CCC2=O)c1. The first-order valence-corrected chi connectivity index (χ1v) is 12.1. The Balaban J connectivity index is 1.68. The van der Waals surface area contributed by atoms with Crippen molar-refractivity contribution in [3.05, 3.63) is 48.0 Å². The summed E-state index contributed by atoms with van der Waals surface area (Å²) in [5, 5.41) is 0. The standard InChI is InChI=1S/C23H28N2O6S/c1-3-15-31-20-9-5-4-7-17(20)8-6-14-24-32(28,29)18-10-11-21(30-2)19(16-18)25-22(26)12-13-23(25)27/h4-5,7,9-11,16,24H,3,6,8,12-15H2,1-2H3. The van der Waals surface area contributed by atoms with E-state index in [0.29, 0.717) is 19.4 Å². The number of nitrogens with one attached hydrogen (secondary N) is 1. The van der Waals surface area contributed by atoms with Crippen LogP contribution in [0.3, 0.4) is 0 Å². The van der Waals surface area contributed by atoms with Crippen LogP contribution in [0.1, 0.15) is 38.2 Å². The third-order valence-corrected chi connectivity index (χ3v) is 6.56. The monoisotopic (exact) mass is 460 g/mol. The van der Waals surface area contributed by atoms with Crippen LogP contribution < -0.4 is 19.1 Å². The minimum Gasteiger partial charge on any atom is -0.495 e. The average molecular weight is 461 g/mol. The fraction of sp³-hybridized carbons (Fsp3) is 0.391. The van der Waals surface area contributed by atoms with Crippen molar-refractivity contribution < 1.29 is 27.5 Å². The van der Waals surface area contributed by atoms with E-state index >= 15 is 0 Å². The molecule has 2 aromatic rings. The summed E-state index contributed by atoms with van der Waals surface area (Å²) in [6.45, 7) is 2.90. The van der Waals surface area contributed by atoms with Gasteiger partial charge >= 0.3 is 0 Å². The highest BCUT2D eigenvalue weighted by atomic mass is 32.2. The zero-order valence-corrected chi connectivity index (χ0v) is 19.1. The van der Waals surface area contributed by atoms with Crippen LogP contribution in [0.15, 0.2) is 47.4 Å². The molecule has 0 aromatic heterocycles. The van der Waals surface area contributed by atoms with E-state index in [1.165, 1.54) is 25.3 Å². The van der Waals surface area contributed by atoms with Gasteiger partial charge in [-0.1, -0.05) is 25.1 Å². The lowest BCUT2D eigenvalue weighted by molar-refractivity contribution is -0.121. The molecule has 172 valence electrons. The molecule has 0 atom stereocenters. The molecule has 1 saturated heterocycles. The third kappa shape index (κ3) is 5.46. The fourth-order valence-corrected chi connectivity index (χ4v) is 4.58. The lowest BCUT2D eigenvalue weighted by atomic mass is 10.1. The van der Waals surface area contributed by atoms with E-state index in [2.05, 4.69) is 4.72 Å². The van der Waals surface area contributed by atoms with E-state index in [1.54, 1.807) is 0 Å². The number of methoxy groups -OCH3 is 1. The molecule has 2 aromatic carbocycles. The van der Waals surface area contributed by atoms with E-state index in [-0.39, 0.29) is 47.5 Å². The summed E-state index contributed by atoms with van der Waals surface area (Å²) in [4.78, 5) is 25.2. The highest BCUT2D eigenvalue weighted by Gasteiger charge is 2.33. The predicted octanol–water partition coefficient (Wildman–Crippen LogP) is 3.05. The Hall–Kier alpha value is -2.91. The minimum absolute atomic E-state index is 0.0347. The lowest BCUT2D eigenvalue weighted by Gasteiger charge is -2.18. The van der Waals surface area contributed by atoms with Gasteiger partial charge in [0.05, 0.1) is 24.3 Å². The Morgan fingerprint density at radius 3 is 2.44 bits per heavy atom. The highest BCUT2D eigenvalue weighted by Crippen LogP contribution is 2.34. The van der Waals surface area contributed by atoms with Crippen molar-refractivity contribution in [1.29, 1.82) is 0 Å². The molecule has 0 unspecified atom stereocenters. The molecule has 3 rings (SSSR count). The van der Waals surface area contributed by atoms with E-state index in [0.717, 1.165) is 22.6 Å². The maximum absolute atomic E-state index is 12.8. The second-order valence-corrected chi connectivity index (χ2v) is 9.18. The first kappa shape index (κ1) is 23.7. The summed E-state index contributed by atoms with van der Waals surface area (Å²) in [5.41, 5.74) is 1.17. The number of amides is 2. The number of para-hydroxylation sites is 1. The summed E-state index contributed by atoms with van der Waals surface area (Å²) >= 11 is 0. The van der Waals surface area contributed by atoms with Crippen LogP contribution in [0.5, 0.6) is 11.5 Å². The molecule has 1 N–H and O–H groups in total. The second-order valence-electron chi connectivity index (χ2n) is 7.41. The van der Waals surface area contributed by atoms with Gasteiger partial charge in [-0.25, -0.2) is 18.0 Å². The maximum Gasteiger partial charge on any atom is 0.240 e. The molecule has 0 bridgehead atoms. The number of hydrogen-bond donors (Lipinski definition) is 1. The van der Waals surface area contributed by atoms with Crippen LogP contribution in [0.4, 0.5) is 5.69 Å². The number of anilines is 1. The number of carbonyl (C=O) groups excluding carboxylic acids is 2. The van der Waals surface area contributed by atoms with Crippen LogP contribution in [0.2, 0.25) is 0 Å². The van der Waals surface area contributed by atoms with Crippen molar-refractivity contribution in [3.8, 4) is 11.5 Å². The molecular formula is C23H28N2O6S. The molecule has 0 aliphatic carbocycles. The van der Waals surface area contributed by atoms with Crippen LogP contribution >= 0.6 is 0 Å². The number of ether oxygens (including phenoxy) is 2. The Morgan fingerprint density at radius 2 is 1.75 bits per heavy atom. The topological polar surface area (TPSA) is 102 Å². The minimum atomic E-state index is -3.84. The number of benzene rings is 2. The number of nitrogens with zero attached hydrogens (tertiary/aromatic N) is 1. The Bertz CT molecular complexity index is 1070. The van der Waals surface area contributed by atoms with Crippen molar-refractivity contribution >= 4 is 27.5 Å². The molecule has 1 aliphatic rings. The lowest BCUT2D eigenvalue weighted by Crippen LogP contribution is -2.30. The average Bonchev–Trinajstić information content (AvgIpc) is 3.13. The summed E-state index contributed by atoms with van der Waals surface area (Å²) in [5.74, 6) is 0.327. The zero-order valence-electron chi connectivity index (χ0n) is 18.3. The third-order valence-electron chi connectivity index (χ3n) is 5.10. The molecule has 8 nitrogen and oxygen atoms in total. The second kappa shape index (κ2) is 10.6. The predicted molar refractivity (Wildman–Crippen MR) is 120 cm³/mol. The Kier molecular flexibility index (Phi) is 7.87. The summed E-state index contributed by atoms with van der Waals surface area (Å²) < 4.78 is 39.2. The molecule has 0 spiro atoms. The van der Waals surface area contributed by atoms with Gasteiger partial charge in [0.15, 0.2) is 0 Å². The van der Waals surface area contributed by atoms with E-state index in [4.69, 9.17) is 9.47 Å². The van der Waals surface area contributed by atoms with Crippen molar-refractivity contribution in [2.45, 2.75) is 43.9 Å². The van der Waals surface area contributed by atoms with Crippen LogP contribution in [0, 0.1) is 0 Å². The normalized spacial score (nSPS) is 14.1. The molecule has 0 radical (unpaired) electrons. The van der Waals surface area contributed by atoms with E-state index in [1.807, 2.05) is 31.2 Å². The van der Waals surface area contributed by atoms with Crippen molar-refractivity contribution in [3.63, 3.8) is 0 Å². The number of aryl methyl sites for hydroxylation is 1. The van der Waals surface area contributed by atoms with Crippen molar-refractivity contribution in [2.24, 2.45) is 0 Å². The highest BCUT2D eigenvalue weighted by molar-refractivity contribution is 7.89. The Labute approximate surface area is 188 Å². The van der Waals surface area contributed by atoms with Gasteiger partial charge in [0, 0.05) is 19.4 Å². The summed E-state index contributed by atoms with van der Waals surface area (Å²) in [6.07, 6.45) is 2.35. The van der Waals surface area contributed by atoms with Crippen LogP contribution in [0.25, 0.3) is 0 Å². The number of imide groups is 1. The maximum atomic E-state index is 12.8. The Morgan fingerprint density at radius 1 is 1.03 bits per heavy atom. The summed E-state index contributed by atoms with van der Waals surface area (Å²) in [7, 11) is -2.44. The van der Waals surface area contributed by atoms with E-state index < -0.39 is 10.0 Å². The van der Waals surface area contributed by atoms with Crippen molar-refractivity contribution in [2.75, 3.05) is 25.2 Å². The van der Waals surface area contributed by atoms with Gasteiger partial charge in [0.1, 0.15) is 11.5 Å². The zero-order chi connectivity index (χ0) is 23.1. The molecule has 32 heavy (non-hydrogen) atoms. The van der Waals surface area contributed by atoms with Gasteiger partial charge in [0.2, 0.25) is 21.8 Å². The molecule has 0 saturated carbocycles. The first-order chi connectivity index (χ1) is 15.4. The van der Waals surface area contributed by atoms with Gasteiger partial charge in [-0.15, -0.1) is 0 Å². The molecular weight excluding hydrogens is 432 g/mol. The van der Waals surface area contributed by atoms with Crippen LogP contribution in [-0.2, 0) is 26.0 Å². The molecule has 9 heteroatoms. The first-order valence-electron chi connectivity index (χ1n) is 10.6. The molecule has 2 amide bonds. The number of rotatable bonds is 11. The molecule has 1 heterocycles. The number of carbonyl (C=O) groups is 2. The van der Waals surface area contributed by atoms with Gasteiger partial charge in [-0.2, -0.15) is 0 Å². The van der Waals surface area contributed by atoms with Gasteiger partial charge in [-0.05, 0) is 49.1 Å².